The summed E-state index contributed by atoms with van der Waals surface area (Å²) in [5.74, 6) is 0.369. The molecule has 0 radical (unpaired) electrons. The van der Waals surface area contributed by atoms with E-state index in [4.69, 9.17) is 0 Å². The average Bonchev–Trinajstić information content (AvgIpc) is 2.80. The first kappa shape index (κ1) is 12.9. The third-order valence-corrected chi connectivity index (χ3v) is 4.42. The van der Waals surface area contributed by atoms with Crippen LogP contribution in [-0.2, 0) is 6.42 Å². The second-order valence-electron chi connectivity index (χ2n) is 4.92. The van der Waals surface area contributed by atoms with Gasteiger partial charge in [-0.3, -0.25) is 0 Å². The zero-order chi connectivity index (χ0) is 14.1. The number of hydrogen-bond acceptors (Lipinski definition) is 4. The Morgan fingerprint density at radius 1 is 1.15 bits per heavy atom. The Labute approximate surface area is 121 Å². The van der Waals surface area contributed by atoms with Crippen LogP contribution in [0.4, 0.5) is 0 Å². The number of phenols is 2. The molecule has 0 saturated carbocycles. The maximum Gasteiger partial charge on any atom is 0.122 e. The molecule has 1 aromatic heterocycles. The van der Waals surface area contributed by atoms with Gasteiger partial charge in [-0.15, -0.1) is 11.3 Å². The summed E-state index contributed by atoms with van der Waals surface area (Å²) in [7, 11) is 0. The highest BCUT2D eigenvalue weighted by atomic mass is 32.1. The lowest BCUT2D eigenvalue weighted by Crippen LogP contribution is -1.98. The third-order valence-electron chi connectivity index (χ3n) is 3.36. The predicted octanol–water partition coefficient (Wildman–Crippen LogP) is 4.05. The molecule has 2 aromatic carbocycles. The summed E-state index contributed by atoms with van der Waals surface area (Å²) in [5, 5.41) is 20.3. The summed E-state index contributed by atoms with van der Waals surface area (Å²) in [5.41, 5.74) is 1.86. The smallest absolute Gasteiger partial charge is 0.122 e. The van der Waals surface area contributed by atoms with Gasteiger partial charge in [0.1, 0.15) is 11.5 Å². The zero-order valence-corrected chi connectivity index (χ0v) is 11.9. The molecule has 1 unspecified atom stereocenters. The molecule has 3 rings (SSSR count). The SMILES string of the molecule is CC(Cc1nc2ccccc2s1)c1ccc(O)cc1O. The van der Waals surface area contributed by atoms with Crippen molar-refractivity contribution in [1.29, 1.82) is 0 Å². The number of phenolic OH excluding ortho intramolecular Hbond substituents is 2. The van der Waals surface area contributed by atoms with Crippen molar-refractivity contribution in [3.63, 3.8) is 0 Å². The summed E-state index contributed by atoms with van der Waals surface area (Å²) in [6.45, 7) is 2.05. The summed E-state index contributed by atoms with van der Waals surface area (Å²) in [4.78, 5) is 4.61. The van der Waals surface area contributed by atoms with Gasteiger partial charge in [-0.2, -0.15) is 0 Å². The molecule has 0 aliphatic carbocycles. The van der Waals surface area contributed by atoms with E-state index in [0.717, 1.165) is 22.5 Å². The lowest BCUT2D eigenvalue weighted by Gasteiger charge is -2.12. The number of nitrogens with zero attached hydrogens (tertiary/aromatic N) is 1. The second-order valence-corrected chi connectivity index (χ2v) is 6.04. The number of rotatable bonds is 3. The van der Waals surface area contributed by atoms with Crippen LogP contribution < -0.4 is 0 Å². The number of fused-ring (bicyclic) bond motifs is 1. The summed E-state index contributed by atoms with van der Waals surface area (Å²) >= 11 is 1.69. The summed E-state index contributed by atoms with van der Waals surface area (Å²) < 4.78 is 1.18. The molecular weight excluding hydrogens is 270 g/mol. The monoisotopic (exact) mass is 285 g/mol. The normalized spacial score (nSPS) is 12.7. The summed E-state index contributed by atoms with van der Waals surface area (Å²) in [6.07, 6.45) is 0.775. The van der Waals surface area contributed by atoms with Gasteiger partial charge in [0.25, 0.3) is 0 Å². The molecule has 1 heterocycles. The number of para-hydroxylation sites is 1. The fourth-order valence-electron chi connectivity index (χ4n) is 2.33. The highest BCUT2D eigenvalue weighted by molar-refractivity contribution is 7.18. The number of thiazole rings is 1. The summed E-state index contributed by atoms with van der Waals surface area (Å²) in [6, 6.07) is 12.8. The molecule has 3 nitrogen and oxygen atoms in total. The van der Waals surface area contributed by atoms with E-state index in [9.17, 15) is 10.2 Å². The molecular formula is C16H15NO2S. The molecule has 0 aliphatic rings. The first-order valence-electron chi connectivity index (χ1n) is 6.50. The van der Waals surface area contributed by atoms with Gasteiger partial charge in [0.15, 0.2) is 0 Å². The Balaban J connectivity index is 1.86. The van der Waals surface area contributed by atoms with E-state index in [0.29, 0.717) is 0 Å². The molecule has 20 heavy (non-hydrogen) atoms. The molecule has 0 spiro atoms. The predicted molar refractivity (Wildman–Crippen MR) is 81.5 cm³/mol. The Morgan fingerprint density at radius 3 is 2.70 bits per heavy atom. The van der Waals surface area contributed by atoms with Crippen LogP contribution in [0, 0.1) is 0 Å². The van der Waals surface area contributed by atoms with Gasteiger partial charge < -0.3 is 10.2 Å². The van der Waals surface area contributed by atoms with Gasteiger partial charge in [-0.25, -0.2) is 4.98 Å². The van der Waals surface area contributed by atoms with E-state index in [1.165, 1.54) is 10.8 Å². The van der Waals surface area contributed by atoms with Crippen LogP contribution in [0.5, 0.6) is 11.5 Å². The number of aromatic hydroxyl groups is 2. The van der Waals surface area contributed by atoms with Crippen LogP contribution in [0.15, 0.2) is 42.5 Å². The van der Waals surface area contributed by atoms with Crippen LogP contribution in [0.25, 0.3) is 10.2 Å². The van der Waals surface area contributed by atoms with Crippen LogP contribution in [0.3, 0.4) is 0 Å². The van der Waals surface area contributed by atoms with Gasteiger partial charge in [0.05, 0.1) is 15.2 Å². The molecule has 0 fully saturated rings. The Kier molecular flexibility index (Phi) is 3.32. The van der Waals surface area contributed by atoms with E-state index in [2.05, 4.69) is 18.0 Å². The van der Waals surface area contributed by atoms with Crippen molar-refractivity contribution in [1.82, 2.24) is 4.98 Å². The largest absolute Gasteiger partial charge is 0.508 e. The van der Waals surface area contributed by atoms with Crippen molar-refractivity contribution in [2.75, 3.05) is 0 Å². The Bertz CT molecular complexity index is 718. The van der Waals surface area contributed by atoms with Crippen molar-refractivity contribution in [3.05, 3.63) is 53.0 Å². The molecule has 1 atom stereocenters. The molecule has 4 heteroatoms. The van der Waals surface area contributed by atoms with Crippen LogP contribution in [0.2, 0.25) is 0 Å². The second kappa shape index (κ2) is 5.13. The fraction of sp³-hybridized carbons (Fsp3) is 0.188. The van der Waals surface area contributed by atoms with E-state index in [-0.39, 0.29) is 17.4 Å². The van der Waals surface area contributed by atoms with E-state index >= 15 is 0 Å². The topological polar surface area (TPSA) is 53.4 Å². The maximum absolute atomic E-state index is 9.90. The Morgan fingerprint density at radius 2 is 1.95 bits per heavy atom. The minimum absolute atomic E-state index is 0.0819. The van der Waals surface area contributed by atoms with E-state index in [1.807, 2.05) is 18.2 Å². The highest BCUT2D eigenvalue weighted by Gasteiger charge is 2.14. The standard InChI is InChI=1S/C16H15NO2S/c1-10(12-7-6-11(18)9-14(12)19)8-16-17-13-4-2-3-5-15(13)20-16/h2-7,9-10,18-19H,8H2,1H3. The van der Waals surface area contributed by atoms with Crippen molar-refractivity contribution in [3.8, 4) is 11.5 Å². The fourth-order valence-corrected chi connectivity index (χ4v) is 3.42. The minimum Gasteiger partial charge on any atom is -0.508 e. The molecule has 3 aromatic rings. The molecule has 0 bridgehead atoms. The molecule has 2 N–H and O–H groups in total. The molecule has 0 amide bonds. The highest BCUT2D eigenvalue weighted by Crippen LogP contribution is 2.32. The van der Waals surface area contributed by atoms with Gasteiger partial charge in [0, 0.05) is 12.5 Å². The minimum atomic E-state index is 0.0819. The van der Waals surface area contributed by atoms with Gasteiger partial charge >= 0.3 is 0 Å². The quantitative estimate of drug-likeness (QED) is 0.763. The van der Waals surface area contributed by atoms with Crippen molar-refractivity contribution >= 4 is 21.6 Å². The lowest BCUT2D eigenvalue weighted by molar-refractivity contribution is 0.442. The third kappa shape index (κ3) is 2.47. The lowest BCUT2D eigenvalue weighted by atomic mass is 9.97. The van der Waals surface area contributed by atoms with Gasteiger partial charge in [0.2, 0.25) is 0 Å². The number of aromatic nitrogens is 1. The van der Waals surface area contributed by atoms with Crippen molar-refractivity contribution < 1.29 is 10.2 Å². The van der Waals surface area contributed by atoms with Crippen molar-refractivity contribution in [2.24, 2.45) is 0 Å². The van der Waals surface area contributed by atoms with Gasteiger partial charge in [-0.05, 0) is 29.7 Å². The Hall–Kier alpha value is -2.07. The van der Waals surface area contributed by atoms with Crippen LogP contribution in [-0.4, -0.2) is 15.2 Å². The maximum atomic E-state index is 9.90. The van der Waals surface area contributed by atoms with Crippen LogP contribution in [0.1, 0.15) is 23.4 Å². The zero-order valence-electron chi connectivity index (χ0n) is 11.1. The van der Waals surface area contributed by atoms with Crippen molar-refractivity contribution in [2.45, 2.75) is 19.3 Å². The first-order chi connectivity index (χ1) is 9.63. The molecule has 0 aliphatic heterocycles. The van der Waals surface area contributed by atoms with Crippen LogP contribution >= 0.6 is 11.3 Å². The molecule has 102 valence electrons. The molecule has 0 saturated heterocycles. The van der Waals surface area contributed by atoms with E-state index in [1.54, 1.807) is 23.5 Å². The number of hydrogen-bond donors (Lipinski definition) is 2. The van der Waals surface area contributed by atoms with E-state index < -0.39 is 0 Å². The number of benzene rings is 2. The average molecular weight is 285 g/mol. The van der Waals surface area contributed by atoms with Gasteiger partial charge in [-0.1, -0.05) is 25.1 Å². The first-order valence-corrected chi connectivity index (χ1v) is 7.31.